The van der Waals surface area contributed by atoms with Crippen molar-refractivity contribution in [3.8, 4) is 0 Å². The molecule has 0 radical (unpaired) electrons. The zero-order chi connectivity index (χ0) is 16.1. The maximum absolute atomic E-state index is 12.5. The second-order valence-electron chi connectivity index (χ2n) is 6.01. The number of rotatable bonds is 6. The fourth-order valence-corrected chi connectivity index (χ4v) is 2.99. The quantitative estimate of drug-likeness (QED) is 0.567. The second kappa shape index (κ2) is 7.29. The summed E-state index contributed by atoms with van der Waals surface area (Å²) in [5, 5.41) is 6.85. The van der Waals surface area contributed by atoms with Gasteiger partial charge in [-0.3, -0.25) is 4.79 Å². The lowest BCUT2D eigenvalue weighted by Gasteiger charge is -2.14. The molecule has 2 aromatic carbocycles. The minimum atomic E-state index is 0.0195. The molecule has 0 aromatic heterocycles. The highest BCUT2D eigenvalue weighted by Crippen LogP contribution is 2.22. The van der Waals surface area contributed by atoms with Crippen molar-refractivity contribution in [1.29, 1.82) is 0 Å². The van der Waals surface area contributed by atoms with E-state index in [1.165, 1.54) is 12.8 Å². The number of benzene rings is 2. The van der Waals surface area contributed by atoms with Gasteiger partial charge < -0.3 is 16.4 Å². The Hall–Kier alpha value is -2.33. The second-order valence-corrected chi connectivity index (χ2v) is 6.01. The van der Waals surface area contributed by atoms with Crippen LogP contribution in [0.1, 0.15) is 35.2 Å². The summed E-state index contributed by atoms with van der Waals surface area (Å²) in [6.07, 6.45) is 3.56. The molecule has 4 nitrogen and oxygen atoms in total. The summed E-state index contributed by atoms with van der Waals surface area (Å²) in [6, 6.07) is 15.3. The minimum Gasteiger partial charge on any atom is -0.397 e. The molecule has 1 aliphatic rings. The van der Waals surface area contributed by atoms with Crippen molar-refractivity contribution in [3.05, 3.63) is 59.7 Å². The molecular formula is C19H23N3O. The van der Waals surface area contributed by atoms with Gasteiger partial charge in [0.15, 0.2) is 5.78 Å². The Balaban J connectivity index is 1.67. The number of carbonyl (C=O) groups excluding carboxylic acids is 1. The molecule has 1 fully saturated rings. The van der Waals surface area contributed by atoms with Crippen molar-refractivity contribution in [3.63, 3.8) is 0 Å². The Labute approximate surface area is 137 Å². The average molecular weight is 309 g/mol. The zero-order valence-corrected chi connectivity index (χ0v) is 13.2. The van der Waals surface area contributed by atoms with Crippen molar-refractivity contribution in [2.24, 2.45) is 0 Å². The normalized spacial score (nSPS) is 17.1. The first-order chi connectivity index (χ1) is 11.2. The molecular weight excluding hydrogens is 286 g/mol. The van der Waals surface area contributed by atoms with Crippen LogP contribution in [0, 0.1) is 0 Å². The molecule has 1 heterocycles. The van der Waals surface area contributed by atoms with Gasteiger partial charge in [0.1, 0.15) is 0 Å². The summed E-state index contributed by atoms with van der Waals surface area (Å²) >= 11 is 0. The fraction of sp³-hybridized carbons (Fsp3) is 0.316. The van der Waals surface area contributed by atoms with E-state index in [9.17, 15) is 4.79 Å². The first kappa shape index (κ1) is 15.6. The van der Waals surface area contributed by atoms with Crippen LogP contribution in [0.25, 0.3) is 0 Å². The number of nitrogens with one attached hydrogen (secondary N) is 2. The smallest absolute Gasteiger partial charge is 0.193 e. The van der Waals surface area contributed by atoms with E-state index < -0.39 is 0 Å². The van der Waals surface area contributed by atoms with Crippen molar-refractivity contribution in [2.75, 3.05) is 24.1 Å². The Morgan fingerprint density at radius 3 is 2.74 bits per heavy atom. The Morgan fingerprint density at radius 1 is 1.17 bits per heavy atom. The molecule has 1 atom stereocenters. The third kappa shape index (κ3) is 3.90. The molecule has 2 aromatic rings. The molecule has 120 valence electrons. The number of anilines is 2. The van der Waals surface area contributed by atoms with Crippen molar-refractivity contribution in [2.45, 2.75) is 25.3 Å². The van der Waals surface area contributed by atoms with E-state index in [1.54, 1.807) is 12.1 Å². The number of nitrogens with two attached hydrogens (primary N) is 1. The summed E-state index contributed by atoms with van der Waals surface area (Å²) < 4.78 is 0. The molecule has 3 rings (SSSR count). The van der Waals surface area contributed by atoms with Gasteiger partial charge >= 0.3 is 0 Å². The van der Waals surface area contributed by atoms with Crippen molar-refractivity contribution in [1.82, 2.24) is 5.32 Å². The molecule has 0 unspecified atom stereocenters. The lowest BCUT2D eigenvalue weighted by molar-refractivity contribution is 0.103. The minimum absolute atomic E-state index is 0.0195. The summed E-state index contributed by atoms with van der Waals surface area (Å²) in [5.74, 6) is 0.0195. The summed E-state index contributed by atoms with van der Waals surface area (Å²) in [4.78, 5) is 12.5. The summed E-state index contributed by atoms with van der Waals surface area (Å²) in [7, 11) is 0. The predicted molar refractivity (Wildman–Crippen MR) is 94.9 cm³/mol. The lowest BCUT2D eigenvalue weighted by atomic mass is 10.0. The van der Waals surface area contributed by atoms with Gasteiger partial charge in [-0.2, -0.15) is 0 Å². The van der Waals surface area contributed by atoms with E-state index in [1.807, 2.05) is 36.4 Å². The van der Waals surface area contributed by atoms with Crippen LogP contribution >= 0.6 is 0 Å². The topological polar surface area (TPSA) is 67.2 Å². The number of hydrogen-bond acceptors (Lipinski definition) is 4. The highest BCUT2D eigenvalue weighted by atomic mass is 16.1. The SMILES string of the molecule is Nc1ccc(C(=O)c2ccccc2)cc1NCC[C@@H]1CCCN1. The van der Waals surface area contributed by atoms with Crippen LogP contribution in [0.4, 0.5) is 11.4 Å². The molecule has 1 saturated heterocycles. The van der Waals surface area contributed by atoms with Crippen LogP contribution in [0.3, 0.4) is 0 Å². The third-order valence-corrected chi connectivity index (χ3v) is 4.32. The van der Waals surface area contributed by atoms with Gasteiger partial charge in [-0.15, -0.1) is 0 Å². The van der Waals surface area contributed by atoms with E-state index in [4.69, 9.17) is 5.73 Å². The van der Waals surface area contributed by atoms with Crippen LogP contribution in [-0.2, 0) is 0 Å². The first-order valence-electron chi connectivity index (χ1n) is 8.20. The van der Waals surface area contributed by atoms with E-state index in [-0.39, 0.29) is 5.78 Å². The fourth-order valence-electron chi connectivity index (χ4n) is 2.99. The molecule has 0 spiro atoms. The van der Waals surface area contributed by atoms with Crippen LogP contribution in [0.15, 0.2) is 48.5 Å². The van der Waals surface area contributed by atoms with Gasteiger partial charge in [0.2, 0.25) is 0 Å². The van der Waals surface area contributed by atoms with Gasteiger partial charge in [0.25, 0.3) is 0 Å². The van der Waals surface area contributed by atoms with Gasteiger partial charge in [-0.25, -0.2) is 0 Å². The summed E-state index contributed by atoms with van der Waals surface area (Å²) in [6.45, 7) is 1.97. The monoisotopic (exact) mass is 309 g/mol. The van der Waals surface area contributed by atoms with Crippen LogP contribution in [0.2, 0.25) is 0 Å². The summed E-state index contributed by atoms with van der Waals surface area (Å²) in [5.41, 5.74) is 8.90. The van der Waals surface area contributed by atoms with E-state index >= 15 is 0 Å². The van der Waals surface area contributed by atoms with Crippen LogP contribution in [-0.4, -0.2) is 24.9 Å². The largest absolute Gasteiger partial charge is 0.397 e. The maximum atomic E-state index is 12.5. The van der Waals surface area contributed by atoms with E-state index in [0.717, 1.165) is 25.2 Å². The van der Waals surface area contributed by atoms with Crippen molar-refractivity contribution < 1.29 is 4.79 Å². The Kier molecular flexibility index (Phi) is 4.93. The number of ketones is 1. The molecule has 4 heteroatoms. The lowest BCUT2D eigenvalue weighted by Crippen LogP contribution is -2.24. The highest BCUT2D eigenvalue weighted by Gasteiger charge is 2.14. The Morgan fingerprint density at radius 2 is 2.00 bits per heavy atom. The third-order valence-electron chi connectivity index (χ3n) is 4.32. The van der Waals surface area contributed by atoms with E-state index in [0.29, 0.717) is 22.9 Å². The average Bonchev–Trinajstić information content (AvgIpc) is 3.10. The molecule has 0 aliphatic carbocycles. The number of nitrogen functional groups attached to an aromatic ring is 1. The molecule has 0 saturated carbocycles. The molecule has 0 bridgehead atoms. The Bertz CT molecular complexity index is 664. The number of carbonyl (C=O) groups is 1. The maximum Gasteiger partial charge on any atom is 0.193 e. The molecule has 1 aliphatic heterocycles. The predicted octanol–water partition coefficient (Wildman–Crippen LogP) is 3.05. The molecule has 23 heavy (non-hydrogen) atoms. The zero-order valence-electron chi connectivity index (χ0n) is 13.2. The first-order valence-corrected chi connectivity index (χ1v) is 8.20. The van der Waals surface area contributed by atoms with Crippen molar-refractivity contribution >= 4 is 17.2 Å². The van der Waals surface area contributed by atoms with E-state index in [2.05, 4.69) is 10.6 Å². The van der Waals surface area contributed by atoms with Gasteiger partial charge in [0.05, 0.1) is 11.4 Å². The van der Waals surface area contributed by atoms with Crippen LogP contribution in [0.5, 0.6) is 0 Å². The van der Waals surface area contributed by atoms with Gasteiger partial charge in [-0.1, -0.05) is 30.3 Å². The standard InChI is InChI=1S/C19H23N3O/c20-17-9-8-15(19(23)14-5-2-1-3-6-14)13-18(17)22-12-10-16-7-4-11-21-16/h1-3,5-6,8-9,13,16,21-22H,4,7,10-12,20H2/t16-/m0/s1. The molecule has 4 N–H and O–H groups in total. The van der Waals surface area contributed by atoms with Gasteiger partial charge in [0, 0.05) is 23.7 Å². The van der Waals surface area contributed by atoms with Crippen LogP contribution < -0.4 is 16.4 Å². The van der Waals surface area contributed by atoms with Gasteiger partial charge in [-0.05, 0) is 44.0 Å². The highest BCUT2D eigenvalue weighted by molar-refractivity contribution is 6.09. The number of hydrogen-bond donors (Lipinski definition) is 3. The molecule has 0 amide bonds.